The first-order valence-electron chi connectivity index (χ1n) is 8.19. The lowest BCUT2D eigenvalue weighted by molar-refractivity contribution is -0.146. The molecule has 2 amide bonds. The number of alkyl halides is 3. The Morgan fingerprint density at radius 2 is 1.90 bits per heavy atom. The fourth-order valence-electron chi connectivity index (χ4n) is 2.76. The first-order chi connectivity index (χ1) is 13.9. The normalized spacial score (nSPS) is 21.6. The summed E-state index contributed by atoms with van der Waals surface area (Å²) < 4.78 is 65.5. The lowest BCUT2D eigenvalue weighted by Gasteiger charge is -2.45. The molecule has 30 heavy (non-hydrogen) atoms. The van der Waals surface area contributed by atoms with Gasteiger partial charge in [0.2, 0.25) is 11.8 Å². The molecule has 1 saturated heterocycles. The van der Waals surface area contributed by atoms with E-state index in [0.717, 1.165) is 0 Å². The Labute approximate surface area is 172 Å². The summed E-state index contributed by atoms with van der Waals surface area (Å²) in [6.45, 7) is 0. The van der Waals surface area contributed by atoms with Gasteiger partial charge in [0.1, 0.15) is 5.37 Å². The van der Waals surface area contributed by atoms with E-state index in [1.54, 1.807) is 30.3 Å². The number of β-lactam (4-membered cyclic amide) rings is 1. The van der Waals surface area contributed by atoms with E-state index in [9.17, 15) is 41.1 Å². The van der Waals surface area contributed by atoms with Crippen molar-refractivity contribution in [2.75, 3.05) is 0 Å². The topological polar surface area (TPSA) is 130 Å². The van der Waals surface area contributed by atoms with Crippen LogP contribution in [0.4, 0.5) is 13.2 Å². The molecular weight excluding hydrogens is 453 g/mol. The number of thioether (sulfide) groups is 1. The molecule has 0 bridgehead atoms. The van der Waals surface area contributed by atoms with Crippen molar-refractivity contribution in [1.82, 2.24) is 10.2 Å². The van der Waals surface area contributed by atoms with Gasteiger partial charge < -0.3 is 14.6 Å². The van der Waals surface area contributed by atoms with Crippen molar-refractivity contribution in [3.8, 4) is 0 Å². The minimum absolute atomic E-state index is 0.133. The average molecular weight is 466 g/mol. The van der Waals surface area contributed by atoms with Gasteiger partial charge >= 0.3 is 21.6 Å². The van der Waals surface area contributed by atoms with E-state index in [4.69, 9.17) is 0 Å². The second-order valence-electron chi connectivity index (χ2n) is 6.17. The van der Waals surface area contributed by atoms with Crippen molar-refractivity contribution >= 4 is 39.7 Å². The van der Waals surface area contributed by atoms with E-state index in [0.29, 0.717) is 22.2 Å². The van der Waals surface area contributed by atoms with Crippen LogP contribution >= 0.6 is 11.8 Å². The number of rotatable bonds is 6. The Hall–Kier alpha value is -2.74. The molecule has 3 rings (SSSR count). The molecule has 0 saturated carbocycles. The van der Waals surface area contributed by atoms with Crippen molar-refractivity contribution in [1.29, 1.82) is 0 Å². The van der Waals surface area contributed by atoms with Crippen molar-refractivity contribution in [3.05, 3.63) is 47.4 Å². The van der Waals surface area contributed by atoms with Gasteiger partial charge in [-0.05, 0) is 5.56 Å². The number of hydrogen-bond acceptors (Lipinski definition) is 7. The number of carboxylic acids is 1. The fourth-order valence-corrected chi connectivity index (χ4v) is 4.71. The Morgan fingerprint density at radius 1 is 1.27 bits per heavy atom. The number of fused-ring (bicyclic) bond motifs is 1. The van der Waals surface area contributed by atoms with Crippen LogP contribution in [0.2, 0.25) is 0 Å². The number of amides is 2. The largest absolute Gasteiger partial charge is 0.534 e. The maximum Gasteiger partial charge on any atom is 0.534 e. The summed E-state index contributed by atoms with van der Waals surface area (Å²) in [7, 11) is -6.25. The number of halogens is 3. The van der Waals surface area contributed by atoms with Crippen LogP contribution in [0.1, 0.15) is 12.0 Å². The Balaban J connectivity index is 1.95. The van der Waals surface area contributed by atoms with Crippen LogP contribution < -0.4 is 5.32 Å². The molecule has 162 valence electrons. The standard InChI is InChI=1S/C16H13F3N2O7S2/c17-16(18,19)30(26,27)28-13-12(15(24)25)21-10(23)7-11(21)29-14(13)20-9(22)6-8-4-2-1-3-5-8/h1-5,11,14H,6-7H2,(H,20,22)(H,24,25)/t11-,14?/m1/s1. The number of carbonyl (C=O) groups excluding carboxylic acids is 2. The number of hydrogen-bond donors (Lipinski definition) is 2. The maximum absolute atomic E-state index is 12.8. The zero-order valence-electron chi connectivity index (χ0n) is 14.7. The van der Waals surface area contributed by atoms with Gasteiger partial charge in [0.05, 0.1) is 18.2 Å². The summed E-state index contributed by atoms with van der Waals surface area (Å²) in [5.74, 6) is -4.52. The van der Waals surface area contributed by atoms with Gasteiger partial charge in [-0.2, -0.15) is 21.6 Å². The molecule has 0 radical (unpaired) electrons. The monoisotopic (exact) mass is 466 g/mol. The summed E-state index contributed by atoms with van der Waals surface area (Å²) in [4.78, 5) is 36.4. The van der Waals surface area contributed by atoms with E-state index in [2.05, 4.69) is 9.50 Å². The molecule has 14 heteroatoms. The van der Waals surface area contributed by atoms with E-state index < -0.39 is 55.6 Å². The highest BCUT2D eigenvalue weighted by Crippen LogP contribution is 2.44. The van der Waals surface area contributed by atoms with E-state index in [-0.39, 0.29) is 12.8 Å². The second kappa shape index (κ2) is 7.83. The Morgan fingerprint density at radius 3 is 2.43 bits per heavy atom. The van der Waals surface area contributed by atoms with Crippen LogP contribution in [-0.4, -0.2) is 52.5 Å². The Kier molecular flexibility index (Phi) is 5.73. The summed E-state index contributed by atoms with van der Waals surface area (Å²) in [5, 5.41) is 9.32. The molecule has 2 aliphatic rings. The number of nitrogens with one attached hydrogen (secondary N) is 1. The van der Waals surface area contributed by atoms with Crippen molar-refractivity contribution in [2.45, 2.75) is 29.1 Å². The molecule has 2 aliphatic heterocycles. The lowest BCUT2D eigenvalue weighted by Crippen LogP contribution is -2.57. The molecule has 9 nitrogen and oxygen atoms in total. The number of nitrogens with zero attached hydrogens (tertiary/aromatic N) is 1. The first kappa shape index (κ1) is 22.0. The van der Waals surface area contributed by atoms with Crippen molar-refractivity contribution in [3.63, 3.8) is 0 Å². The first-order valence-corrected chi connectivity index (χ1v) is 10.5. The van der Waals surface area contributed by atoms with Gasteiger partial charge in [-0.25, -0.2) is 4.79 Å². The van der Waals surface area contributed by atoms with Crippen molar-refractivity contribution in [2.24, 2.45) is 0 Å². The molecule has 1 aromatic carbocycles. The number of carbonyl (C=O) groups is 3. The molecule has 0 aliphatic carbocycles. The second-order valence-corrected chi connectivity index (χ2v) is 9.00. The molecule has 0 aromatic heterocycles. The number of aliphatic carboxylic acids is 1. The summed E-state index contributed by atoms with van der Waals surface area (Å²) in [6, 6.07) is 8.25. The summed E-state index contributed by atoms with van der Waals surface area (Å²) in [6.07, 6.45) is -0.335. The molecule has 2 N–H and O–H groups in total. The quantitative estimate of drug-likeness (QED) is 0.363. The zero-order chi connectivity index (χ0) is 22.3. The maximum atomic E-state index is 12.8. The summed E-state index contributed by atoms with van der Waals surface area (Å²) >= 11 is 0.700. The van der Waals surface area contributed by atoms with Gasteiger partial charge in [-0.15, -0.1) is 11.8 Å². The van der Waals surface area contributed by atoms with Crippen LogP contribution in [0.3, 0.4) is 0 Å². The van der Waals surface area contributed by atoms with Crippen LogP contribution in [0, 0.1) is 0 Å². The van der Waals surface area contributed by atoms with Crippen LogP contribution in [0.5, 0.6) is 0 Å². The van der Waals surface area contributed by atoms with Gasteiger partial charge in [0.25, 0.3) is 0 Å². The van der Waals surface area contributed by atoms with Gasteiger partial charge in [-0.1, -0.05) is 30.3 Å². The highest BCUT2D eigenvalue weighted by Gasteiger charge is 2.54. The zero-order valence-corrected chi connectivity index (χ0v) is 16.4. The molecule has 1 unspecified atom stereocenters. The predicted molar refractivity (Wildman–Crippen MR) is 95.6 cm³/mol. The number of benzene rings is 1. The third-order valence-electron chi connectivity index (χ3n) is 4.10. The van der Waals surface area contributed by atoms with E-state index in [1.807, 2.05) is 0 Å². The Bertz CT molecular complexity index is 1030. The molecular formula is C16H13F3N2O7S2. The highest BCUT2D eigenvalue weighted by molar-refractivity contribution is 8.00. The third kappa shape index (κ3) is 4.23. The van der Waals surface area contributed by atoms with Gasteiger partial charge in [0, 0.05) is 0 Å². The van der Waals surface area contributed by atoms with Gasteiger partial charge in [0.15, 0.2) is 11.5 Å². The van der Waals surface area contributed by atoms with E-state index >= 15 is 0 Å². The third-order valence-corrected chi connectivity index (χ3v) is 6.36. The smallest absolute Gasteiger partial charge is 0.476 e. The predicted octanol–water partition coefficient (Wildman–Crippen LogP) is 1.14. The van der Waals surface area contributed by atoms with E-state index in [1.165, 1.54) is 0 Å². The minimum atomic E-state index is -6.25. The molecule has 2 atom stereocenters. The molecule has 1 aromatic rings. The van der Waals surface area contributed by atoms with Crippen LogP contribution in [0.25, 0.3) is 0 Å². The highest BCUT2D eigenvalue weighted by atomic mass is 32.2. The fraction of sp³-hybridized carbons (Fsp3) is 0.312. The van der Waals surface area contributed by atoms with Crippen LogP contribution in [-0.2, 0) is 35.1 Å². The minimum Gasteiger partial charge on any atom is -0.476 e. The van der Waals surface area contributed by atoms with Crippen molar-refractivity contribution < 1.29 is 45.3 Å². The van der Waals surface area contributed by atoms with Crippen LogP contribution in [0.15, 0.2) is 41.8 Å². The molecule has 2 heterocycles. The summed E-state index contributed by atoms with van der Waals surface area (Å²) in [5.41, 5.74) is -6.35. The van der Waals surface area contributed by atoms with Gasteiger partial charge in [-0.3, -0.25) is 14.5 Å². The lowest BCUT2D eigenvalue weighted by atomic mass is 10.1. The molecule has 1 fully saturated rings. The number of carboxylic acid groups (broad SMARTS) is 1. The molecule has 0 spiro atoms. The SMILES string of the molecule is O=C(Cc1ccccc1)NC1S[C@@H]2CC(=O)N2C(C(=O)O)=C1OS(=O)(=O)C(F)(F)F. The average Bonchev–Trinajstić information content (AvgIpc) is 2.62.